The predicted octanol–water partition coefficient (Wildman–Crippen LogP) is 5.30. The Bertz CT molecular complexity index is 1430. The minimum Gasteiger partial charge on any atom is -0.488 e. The van der Waals surface area contributed by atoms with Crippen molar-refractivity contribution >= 4 is 44.6 Å². The van der Waals surface area contributed by atoms with Gasteiger partial charge in [-0.15, -0.1) is 0 Å². The van der Waals surface area contributed by atoms with E-state index in [0.717, 1.165) is 46.8 Å². The molecule has 212 valence electrons. The standard InChI is InChI=1S/C29H31FIN3O5S/c30-22-10-6-21(7-11-22)19-39-27-15-12-23(31)18-26(27)28(35)32-17-16-20-8-13-25(14-9-20)40(37,38)34-29(36)33-24-4-2-1-3-5-24/h6-15,18,24H,1-5,16-17,19H2,(H,32,35)(H2,33,34,36). The number of benzene rings is 3. The monoisotopic (exact) mass is 679 g/mol. The Kier molecular flexibility index (Phi) is 10.4. The molecule has 1 saturated carbocycles. The molecule has 3 N–H and O–H groups in total. The van der Waals surface area contributed by atoms with Gasteiger partial charge in [-0.25, -0.2) is 22.3 Å². The number of rotatable bonds is 10. The van der Waals surface area contributed by atoms with Crippen LogP contribution in [0.5, 0.6) is 5.75 Å². The topological polar surface area (TPSA) is 114 Å². The number of halogens is 2. The van der Waals surface area contributed by atoms with Crippen molar-refractivity contribution in [3.8, 4) is 5.75 Å². The van der Waals surface area contributed by atoms with Gasteiger partial charge in [-0.2, -0.15) is 0 Å². The molecule has 40 heavy (non-hydrogen) atoms. The van der Waals surface area contributed by atoms with Gasteiger partial charge in [-0.3, -0.25) is 4.79 Å². The number of carbonyl (C=O) groups excluding carboxylic acids is 2. The lowest BCUT2D eigenvalue weighted by Gasteiger charge is -2.22. The third-order valence-electron chi connectivity index (χ3n) is 6.59. The van der Waals surface area contributed by atoms with Gasteiger partial charge in [0.25, 0.3) is 15.9 Å². The average molecular weight is 680 g/mol. The van der Waals surface area contributed by atoms with Crippen molar-refractivity contribution in [3.05, 3.63) is 92.8 Å². The van der Waals surface area contributed by atoms with Gasteiger partial charge in [-0.05, 0) is 95.4 Å². The van der Waals surface area contributed by atoms with Crippen LogP contribution in [-0.4, -0.2) is 32.9 Å². The average Bonchev–Trinajstić information content (AvgIpc) is 2.93. The van der Waals surface area contributed by atoms with E-state index in [0.29, 0.717) is 24.3 Å². The van der Waals surface area contributed by atoms with Crippen LogP contribution in [0.15, 0.2) is 71.6 Å². The van der Waals surface area contributed by atoms with Gasteiger partial charge in [0, 0.05) is 16.2 Å². The van der Waals surface area contributed by atoms with Crippen LogP contribution in [0.4, 0.5) is 9.18 Å². The lowest BCUT2D eigenvalue weighted by Crippen LogP contribution is -2.45. The Labute approximate surface area is 247 Å². The lowest BCUT2D eigenvalue weighted by molar-refractivity contribution is 0.0949. The summed E-state index contributed by atoms with van der Waals surface area (Å²) < 4.78 is 47.2. The van der Waals surface area contributed by atoms with Gasteiger partial charge < -0.3 is 15.4 Å². The summed E-state index contributed by atoms with van der Waals surface area (Å²) in [5, 5.41) is 5.62. The highest BCUT2D eigenvalue weighted by molar-refractivity contribution is 14.1. The van der Waals surface area contributed by atoms with Crippen LogP contribution in [0.3, 0.4) is 0 Å². The molecule has 3 aromatic carbocycles. The quantitative estimate of drug-likeness (QED) is 0.252. The molecule has 0 aromatic heterocycles. The van der Waals surface area contributed by atoms with E-state index in [1.54, 1.807) is 36.4 Å². The Morgan fingerprint density at radius 3 is 2.30 bits per heavy atom. The number of urea groups is 1. The van der Waals surface area contributed by atoms with Crippen LogP contribution in [-0.2, 0) is 23.1 Å². The molecule has 0 spiro atoms. The smallest absolute Gasteiger partial charge is 0.328 e. The van der Waals surface area contributed by atoms with Gasteiger partial charge in [-0.1, -0.05) is 43.5 Å². The van der Waals surface area contributed by atoms with E-state index in [1.165, 1.54) is 24.3 Å². The van der Waals surface area contributed by atoms with Crippen LogP contribution in [0.25, 0.3) is 0 Å². The fourth-order valence-electron chi connectivity index (χ4n) is 4.44. The van der Waals surface area contributed by atoms with Crippen molar-refractivity contribution in [2.24, 2.45) is 0 Å². The second-order valence-electron chi connectivity index (χ2n) is 9.62. The number of ether oxygens (including phenoxy) is 1. The highest BCUT2D eigenvalue weighted by Crippen LogP contribution is 2.23. The maximum absolute atomic E-state index is 13.2. The molecule has 0 atom stereocenters. The Hall–Kier alpha value is -3.19. The Morgan fingerprint density at radius 2 is 1.60 bits per heavy atom. The molecule has 0 aliphatic heterocycles. The molecule has 1 aliphatic rings. The highest BCUT2D eigenvalue weighted by atomic mass is 127. The fraction of sp³-hybridized carbons (Fsp3) is 0.310. The first kappa shape index (κ1) is 29.8. The molecule has 4 rings (SSSR count). The summed E-state index contributed by atoms with van der Waals surface area (Å²) in [5.74, 6) is -0.222. The van der Waals surface area contributed by atoms with E-state index in [9.17, 15) is 22.4 Å². The molecule has 3 amide bonds. The molecular weight excluding hydrogens is 648 g/mol. The van der Waals surface area contributed by atoms with Crippen LogP contribution in [0.2, 0.25) is 0 Å². The number of sulfonamides is 1. The summed E-state index contributed by atoms with van der Waals surface area (Å²) >= 11 is 2.12. The predicted molar refractivity (Wildman–Crippen MR) is 158 cm³/mol. The second-order valence-corrected chi connectivity index (χ2v) is 12.5. The van der Waals surface area contributed by atoms with Gasteiger partial charge in [0.2, 0.25) is 0 Å². The number of hydrogen-bond acceptors (Lipinski definition) is 5. The first-order valence-electron chi connectivity index (χ1n) is 13.1. The van der Waals surface area contributed by atoms with Gasteiger partial charge in [0.1, 0.15) is 18.2 Å². The van der Waals surface area contributed by atoms with Gasteiger partial charge in [0.15, 0.2) is 0 Å². The van der Waals surface area contributed by atoms with Crippen molar-refractivity contribution in [3.63, 3.8) is 0 Å². The van der Waals surface area contributed by atoms with Crippen molar-refractivity contribution in [2.75, 3.05) is 6.54 Å². The molecule has 0 heterocycles. The van der Waals surface area contributed by atoms with Crippen molar-refractivity contribution in [1.29, 1.82) is 0 Å². The maximum Gasteiger partial charge on any atom is 0.328 e. The van der Waals surface area contributed by atoms with Crippen molar-refractivity contribution in [1.82, 2.24) is 15.4 Å². The summed E-state index contributed by atoms with van der Waals surface area (Å²) in [5.41, 5.74) is 1.98. The molecule has 0 radical (unpaired) electrons. The fourth-order valence-corrected chi connectivity index (χ4v) is 5.85. The molecular formula is C29H31FIN3O5S. The molecule has 3 aromatic rings. The van der Waals surface area contributed by atoms with E-state index < -0.39 is 16.1 Å². The van der Waals surface area contributed by atoms with E-state index in [-0.39, 0.29) is 29.3 Å². The summed E-state index contributed by atoms with van der Waals surface area (Å²) in [6.07, 6.45) is 5.36. The molecule has 0 bridgehead atoms. The van der Waals surface area contributed by atoms with E-state index >= 15 is 0 Å². The van der Waals surface area contributed by atoms with E-state index in [1.807, 2.05) is 6.07 Å². The summed E-state index contributed by atoms with van der Waals surface area (Å²) in [4.78, 5) is 25.1. The first-order valence-corrected chi connectivity index (χ1v) is 15.6. The minimum atomic E-state index is -4.00. The van der Waals surface area contributed by atoms with Gasteiger partial charge in [0.05, 0.1) is 10.5 Å². The first-order chi connectivity index (χ1) is 19.2. The molecule has 1 fully saturated rings. The normalized spacial score (nSPS) is 13.8. The summed E-state index contributed by atoms with van der Waals surface area (Å²) in [7, 11) is -4.00. The largest absolute Gasteiger partial charge is 0.488 e. The van der Waals surface area contributed by atoms with Crippen LogP contribution in [0, 0.1) is 9.39 Å². The summed E-state index contributed by atoms with van der Waals surface area (Å²) in [6, 6.07) is 16.7. The van der Waals surface area contributed by atoms with Gasteiger partial charge >= 0.3 is 6.03 Å². The number of hydrogen-bond donors (Lipinski definition) is 3. The number of nitrogens with one attached hydrogen (secondary N) is 3. The second kappa shape index (κ2) is 13.9. The zero-order valence-electron chi connectivity index (χ0n) is 21.8. The highest BCUT2D eigenvalue weighted by Gasteiger charge is 2.21. The molecule has 1 aliphatic carbocycles. The Morgan fingerprint density at radius 1 is 0.925 bits per heavy atom. The van der Waals surface area contributed by atoms with E-state index in [4.69, 9.17) is 4.74 Å². The minimum absolute atomic E-state index is 0.00154. The van der Waals surface area contributed by atoms with Crippen LogP contribution < -0.4 is 20.1 Å². The zero-order chi connectivity index (χ0) is 28.5. The number of carbonyl (C=O) groups is 2. The SMILES string of the molecule is O=C(NC1CCCCC1)NS(=O)(=O)c1ccc(CCNC(=O)c2cc(I)ccc2OCc2ccc(F)cc2)cc1. The lowest BCUT2D eigenvalue weighted by atomic mass is 9.96. The molecule has 8 nitrogen and oxygen atoms in total. The van der Waals surface area contributed by atoms with Crippen molar-refractivity contribution < 1.29 is 27.1 Å². The molecule has 0 unspecified atom stereocenters. The third kappa shape index (κ3) is 8.65. The molecule has 0 saturated heterocycles. The van der Waals surface area contributed by atoms with E-state index in [2.05, 4.69) is 37.9 Å². The van der Waals surface area contributed by atoms with Crippen LogP contribution in [0.1, 0.15) is 53.6 Å². The van der Waals surface area contributed by atoms with Crippen molar-refractivity contribution in [2.45, 2.75) is 56.1 Å². The maximum atomic E-state index is 13.2. The third-order valence-corrected chi connectivity index (χ3v) is 8.61. The zero-order valence-corrected chi connectivity index (χ0v) is 24.8. The molecule has 11 heteroatoms. The summed E-state index contributed by atoms with van der Waals surface area (Å²) in [6.45, 7) is 0.503. The Balaban J connectivity index is 1.29. The van der Waals surface area contributed by atoms with Crippen LogP contribution >= 0.6 is 22.6 Å². The number of amides is 3.